The van der Waals surface area contributed by atoms with Crippen molar-refractivity contribution >= 4 is 50.8 Å². The third-order valence-electron chi connectivity index (χ3n) is 4.39. The molecule has 0 aromatic heterocycles. The quantitative estimate of drug-likeness (QED) is 0.317. The Morgan fingerprint density at radius 3 is 2.53 bits per heavy atom. The minimum absolute atomic E-state index is 0.0838. The van der Waals surface area contributed by atoms with Crippen molar-refractivity contribution in [3.63, 3.8) is 0 Å². The van der Waals surface area contributed by atoms with Gasteiger partial charge in [0.15, 0.2) is 5.11 Å². The molecule has 0 fully saturated rings. The van der Waals surface area contributed by atoms with E-state index in [-0.39, 0.29) is 16.9 Å². The Bertz CT molecular complexity index is 953. The molecule has 0 saturated heterocycles. The third kappa shape index (κ3) is 8.22. The Hall–Kier alpha value is -2.49. The fraction of sp³-hybridized carbons (Fsp3) is 0.348. The SMILES string of the molecule is COCCNC(=O)c1ccccc1NC(=S)NC(=O)c1ccc(OCCC(C)C)c(Br)c1. The average Bonchev–Trinajstić information content (AvgIpc) is 2.75. The zero-order valence-corrected chi connectivity index (χ0v) is 20.8. The highest BCUT2D eigenvalue weighted by Crippen LogP contribution is 2.26. The first kappa shape index (κ1) is 25.8. The first-order valence-electron chi connectivity index (χ1n) is 10.2. The maximum atomic E-state index is 12.6. The van der Waals surface area contributed by atoms with Gasteiger partial charge in [-0.25, -0.2) is 0 Å². The average molecular weight is 522 g/mol. The van der Waals surface area contributed by atoms with Crippen LogP contribution in [0.25, 0.3) is 0 Å². The molecule has 0 aliphatic carbocycles. The molecule has 2 aromatic carbocycles. The smallest absolute Gasteiger partial charge is 0.257 e. The number of carbonyl (C=O) groups is 2. The van der Waals surface area contributed by atoms with Gasteiger partial charge in [0.1, 0.15) is 5.75 Å². The van der Waals surface area contributed by atoms with Crippen LogP contribution in [-0.4, -0.2) is 43.8 Å². The zero-order chi connectivity index (χ0) is 23.5. The van der Waals surface area contributed by atoms with Crippen molar-refractivity contribution < 1.29 is 19.1 Å². The molecule has 2 aromatic rings. The fourth-order valence-corrected chi connectivity index (χ4v) is 3.34. The molecule has 0 heterocycles. The van der Waals surface area contributed by atoms with Crippen LogP contribution in [0.5, 0.6) is 5.75 Å². The molecular weight excluding hydrogens is 494 g/mol. The fourth-order valence-electron chi connectivity index (χ4n) is 2.64. The molecule has 0 spiro atoms. The number of ether oxygens (including phenoxy) is 2. The lowest BCUT2D eigenvalue weighted by molar-refractivity contribution is 0.0936. The van der Waals surface area contributed by atoms with Crippen LogP contribution in [0.2, 0.25) is 0 Å². The molecule has 2 rings (SSSR count). The summed E-state index contributed by atoms with van der Waals surface area (Å²) >= 11 is 8.72. The van der Waals surface area contributed by atoms with Crippen molar-refractivity contribution in [1.82, 2.24) is 10.6 Å². The normalized spacial score (nSPS) is 10.5. The van der Waals surface area contributed by atoms with Crippen LogP contribution < -0.4 is 20.7 Å². The van der Waals surface area contributed by atoms with Gasteiger partial charge >= 0.3 is 0 Å². The summed E-state index contributed by atoms with van der Waals surface area (Å²) in [6.45, 7) is 5.67. The second-order valence-corrected chi connectivity index (χ2v) is 8.64. The van der Waals surface area contributed by atoms with Crippen molar-refractivity contribution in [2.75, 3.05) is 32.2 Å². The largest absolute Gasteiger partial charge is 0.492 e. The molecule has 3 N–H and O–H groups in total. The van der Waals surface area contributed by atoms with E-state index in [0.717, 1.165) is 6.42 Å². The molecule has 0 radical (unpaired) electrons. The molecule has 172 valence electrons. The lowest BCUT2D eigenvalue weighted by Crippen LogP contribution is -2.35. The predicted molar refractivity (Wildman–Crippen MR) is 133 cm³/mol. The van der Waals surface area contributed by atoms with Crippen molar-refractivity contribution in [3.05, 3.63) is 58.1 Å². The van der Waals surface area contributed by atoms with Crippen LogP contribution in [0.15, 0.2) is 46.9 Å². The Morgan fingerprint density at radius 2 is 1.84 bits per heavy atom. The van der Waals surface area contributed by atoms with Gasteiger partial charge in [0, 0.05) is 19.2 Å². The Balaban J connectivity index is 1.98. The summed E-state index contributed by atoms with van der Waals surface area (Å²) in [6, 6.07) is 12.0. The van der Waals surface area contributed by atoms with Gasteiger partial charge in [0.2, 0.25) is 0 Å². The van der Waals surface area contributed by atoms with E-state index in [1.165, 1.54) is 0 Å². The topological polar surface area (TPSA) is 88.7 Å². The number of thiocarbonyl (C=S) groups is 1. The maximum absolute atomic E-state index is 12.6. The van der Waals surface area contributed by atoms with Crippen molar-refractivity contribution in [1.29, 1.82) is 0 Å². The number of rotatable bonds is 10. The van der Waals surface area contributed by atoms with Crippen LogP contribution >= 0.6 is 28.1 Å². The van der Waals surface area contributed by atoms with E-state index in [4.69, 9.17) is 21.7 Å². The van der Waals surface area contributed by atoms with E-state index >= 15 is 0 Å². The van der Waals surface area contributed by atoms with Gasteiger partial charge in [-0.1, -0.05) is 26.0 Å². The number of methoxy groups -OCH3 is 1. The number of halogens is 1. The van der Waals surface area contributed by atoms with Crippen molar-refractivity contribution in [2.45, 2.75) is 20.3 Å². The van der Waals surface area contributed by atoms with Crippen LogP contribution in [0.4, 0.5) is 5.69 Å². The van der Waals surface area contributed by atoms with Crippen LogP contribution in [-0.2, 0) is 4.74 Å². The number of benzene rings is 2. The third-order valence-corrected chi connectivity index (χ3v) is 5.21. The van der Waals surface area contributed by atoms with Gasteiger partial charge in [-0.05, 0) is 70.8 Å². The molecule has 32 heavy (non-hydrogen) atoms. The lowest BCUT2D eigenvalue weighted by Gasteiger charge is -2.14. The number of hydrogen-bond acceptors (Lipinski definition) is 5. The van der Waals surface area contributed by atoms with Gasteiger partial charge in [0.25, 0.3) is 11.8 Å². The minimum atomic E-state index is -0.376. The number of amides is 2. The molecule has 0 unspecified atom stereocenters. The van der Waals surface area contributed by atoms with Crippen LogP contribution in [0, 0.1) is 5.92 Å². The van der Waals surface area contributed by atoms with E-state index in [2.05, 4.69) is 45.7 Å². The highest BCUT2D eigenvalue weighted by atomic mass is 79.9. The summed E-state index contributed by atoms with van der Waals surface area (Å²) in [5.74, 6) is 0.584. The summed E-state index contributed by atoms with van der Waals surface area (Å²) in [7, 11) is 1.56. The van der Waals surface area contributed by atoms with Crippen molar-refractivity contribution in [3.8, 4) is 5.75 Å². The molecule has 0 saturated carbocycles. The highest BCUT2D eigenvalue weighted by molar-refractivity contribution is 9.10. The van der Waals surface area contributed by atoms with E-state index in [9.17, 15) is 9.59 Å². The van der Waals surface area contributed by atoms with Gasteiger partial charge in [-0.3, -0.25) is 14.9 Å². The van der Waals surface area contributed by atoms with Crippen LogP contribution in [0.3, 0.4) is 0 Å². The Kier molecular flexibility index (Phi) is 10.6. The predicted octanol–water partition coefficient (Wildman–Crippen LogP) is 4.38. The van der Waals surface area contributed by atoms with E-state index < -0.39 is 0 Å². The number of nitrogens with one attached hydrogen (secondary N) is 3. The lowest BCUT2D eigenvalue weighted by atomic mass is 10.1. The molecule has 0 aliphatic rings. The van der Waals surface area contributed by atoms with Crippen molar-refractivity contribution in [2.24, 2.45) is 5.92 Å². The number of carbonyl (C=O) groups excluding carboxylic acids is 2. The monoisotopic (exact) mass is 521 g/mol. The van der Waals surface area contributed by atoms with Gasteiger partial charge in [-0.2, -0.15) is 0 Å². The van der Waals surface area contributed by atoms with Crippen LogP contribution in [0.1, 0.15) is 41.0 Å². The van der Waals surface area contributed by atoms with E-state index in [1.54, 1.807) is 49.6 Å². The molecule has 0 bridgehead atoms. The molecule has 7 nitrogen and oxygen atoms in total. The summed E-state index contributed by atoms with van der Waals surface area (Å²) in [6.07, 6.45) is 0.945. The molecule has 9 heteroatoms. The van der Waals surface area contributed by atoms with Gasteiger partial charge in [-0.15, -0.1) is 0 Å². The second kappa shape index (κ2) is 13.1. The Labute approximate surface area is 202 Å². The molecule has 2 amide bonds. The number of hydrogen-bond donors (Lipinski definition) is 3. The van der Waals surface area contributed by atoms with Gasteiger partial charge in [0.05, 0.1) is 28.9 Å². The Morgan fingerprint density at radius 1 is 1.09 bits per heavy atom. The first-order valence-corrected chi connectivity index (χ1v) is 11.4. The van der Waals surface area contributed by atoms with E-state index in [0.29, 0.717) is 52.7 Å². The summed E-state index contributed by atoms with van der Waals surface area (Å²) in [5.41, 5.74) is 1.32. The molecular formula is C23H28BrN3O4S. The summed E-state index contributed by atoms with van der Waals surface area (Å²) < 4.78 is 11.4. The standard InChI is InChI=1S/C23H28BrN3O4S/c1-15(2)10-12-31-20-9-8-16(14-18(20)24)21(28)27-23(32)26-19-7-5-4-6-17(19)22(29)25-11-13-30-3/h4-9,14-15H,10-13H2,1-3H3,(H,25,29)(H2,26,27,28,32). The molecule has 0 atom stereocenters. The second-order valence-electron chi connectivity index (χ2n) is 7.38. The van der Waals surface area contributed by atoms with Gasteiger partial charge < -0.3 is 20.1 Å². The zero-order valence-electron chi connectivity index (χ0n) is 18.4. The number of para-hydroxylation sites is 1. The highest BCUT2D eigenvalue weighted by Gasteiger charge is 2.14. The molecule has 0 aliphatic heterocycles. The first-order chi connectivity index (χ1) is 15.3. The number of anilines is 1. The van der Waals surface area contributed by atoms with E-state index in [1.807, 2.05) is 0 Å². The summed E-state index contributed by atoms with van der Waals surface area (Å²) in [5, 5.41) is 8.40. The summed E-state index contributed by atoms with van der Waals surface area (Å²) in [4.78, 5) is 25.0. The maximum Gasteiger partial charge on any atom is 0.257 e. The minimum Gasteiger partial charge on any atom is -0.492 e.